The maximum Gasteiger partial charge on any atom is 0.275 e. The van der Waals surface area contributed by atoms with Crippen LogP contribution in [0.25, 0.3) is 10.9 Å². The summed E-state index contributed by atoms with van der Waals surface area (Å²) in [5.41, 5.74) is 6.69. The van der Waals surface area contributed by atoms with Gasteiger partial charge < -0.3 is 10.6 Å². The number of piperidine rings is 1. The van der Waals surface area contributed by atoms with Crippen LogP contribution in [-0.4, -0.2) is 45.1 Å². The molecule has 2 heterocycles. The normalized spacial score (nSPS) is 20.7. The highest BCUT2D eigenvalue weighted by Crippen LogP contribution is 2.30. The second kappa shape index (κ2) is 5.31. The lowest BCUT2D eigenvalue weighted by atomic mass is 9.79. The molecular formula is C15H19N5O3. The van der Waals surface area contributed by atoms with E-state index in [1.54, 1.807) is 11.0 Å². The molecule has 3 N–H and O–H groups in total. The van der Waals surface area contributed by atoms with E-state index in [0.717, 1.165) is 6.42 Å². The van der Waals surface area contributed by atoms with E-state index in [1.165, 1.54) is 12.1 Å². The molecule has 0 aliphatic carbocycles. The van der Waals surface area contributed by atoms with Crippen LogP contribution in [0.15, 0.2) is 18.2 Å². The predicted octanol–water partition coefficient (Wildman–Crippen LogP) is 1.67. The van der Waals surface area contributed by atoms with E-state index in [-0.39, 0.29) is 28.7 Å². The van der Waals surface area contributed by atoms with Crippen LogP contribution in [-0.2, 0) is 0 Å². The van der Waals surface area contributed by atoms with Crippen LogP contribution < -0.4 is 5.73 Å². The molecule has 1 saturated heterocycles. The molecule has 3 rings (SSSR count). The quantitative estimate of drug-likeness (QED) is 0.645. The van der Waals surface area contributed by atoms with E-state index in [9.17, 15) is 14.9 Å². The number of H-pyrrole nitrogens is 1. The van der Waals surface area contributed by atoms with Crippen LogP contribution in [0.1, 0.15) is 30.8 Å². The van der Waals surface area contributed by atoms with Crippen molar-refractivity contribution in [3.8, 4) is 0 Å². The fourth-order valence-corrected chi connectivity index (χ4v) is 2.98. The summed E-state index contributed by atoms with van der Waals surface area (Å²) >= 11 is 0. The van der Waals surface area contributed by atoms with Crippen LogP contribution in [0.2, 0.25) is 0 Å². The second-order valence-electron chi connectivity index (χ2n) is 6.67. The molecule has 1 atom stereocenters. The number of nitro benzene ring substituents is 1. The number of aromatic amines is 1. The van der Waals surface area contributed by atoms with Crippen molar-refractivity contribution >= 4 is 22.5 Å². The highest BCUT2D eigenvalue weighted by Gasteiger charge is 2.36. The Morgan fingerprint density at radius 3 is 2.91 bits per heavy atom. The molecule has 1 unspecified atom stereocenters. The molecule has 0 radical (unpaired) electrons. The number of hydrogen-bond acceptors (Lipinski definition) is 5. The summed E-state index contributed by atoms with van der Waals surface area (Å²) in [7, 11) is 0. The van der Waals surface area contributed by atoms with E-state index in [4.69, 9.17) is 5.73 Å². The summed E-state index contributed by atoms with van der Waals surface area (Å²) in [6, 6.07) is 4.38. The number of nitrogens with zero attached hydrogens (tertiary/aromatic N) is 3. The zero-order valence-electron chi connectivity index (χ0n) is 13.1. The number of carbonyl (C=O) groups is 1. The molecule has 1 amide bonds. The molecule has 0 bridgehead atoms. The molecule has 122 valence electrons. The van der Waals surface area contributed by atoms with E-state index in [1.807, 2.05) is 13.8 Å². The molecule has 23 heavy (non-hydrogen) atoms. The van der Waals surface area contributed by atoms with Gasteiger partial charge in [0.1, 0.15) is 0 Å². The number of hydrogen-bond donors (Lipinski definition) is 2. The SMILES string of the molecule is CC1(C)CN(C(=O)c2n[nH]c3ccc([N+](=O)[O-])cc23)CCC1N. The third-order valence-corrected chi connectivity index (χ3v) is 4.56. The van der Waals surface area contributed by atoms with Gasteiger partial charge in [0.05, 0.1) is 10.4 Å². The average Bonchev–Trinajstić information content (AvgIpc) is 2.92. The zero-order chi connectivity index (χ0) is 16.8. The van der Waals surface area contributed by atoms with Gasteiger partial charge in [0.25, 0.3) is 11.6 Å². The smallest absolute Gasteiger partial charge is 0.275 e. The van der Waals surface area contributed by atoms with Crippen molar-refractivity contribution in [1.82, 2.24) is 15.1 Å². The standard InChI is InChI=1S/C15H19N5O3/c1-15(2)8-19(6-5-12(15)16)14(21)13-10-7-9(20(22)23)3-4-11(10)17-18-13/h3-4,7,12H,5-6,8,16H2,1-2H3,(H,17,18). The van der Waals surface area contributed by atoms with Gasteiger partial charge in [-0.15, -0.1) is 0 Å². The van der Waals surface area contributed by atoms with Crippen molar-refractivity contribution in [1.29, 1.82) is 0 Å². The predicted molar refractivity (Wildman–Crippen MR) is 85.0 cm³/mol. The van der Waals surface area contributed by atoms with Crippen molar-refractivity contribution in [2.75, 3.05) is 13.1 Å². The van der Waals surface area contributed by atoms with Gasteiger partial charge in [-0.2, -0.15) is 5.10 Å². The minimum absolute atomic E-state index is 0.0450. The van der Waals surface area contributed by atoms with Crippen molar-refractivity contribution in [2.45, 2.75) is 26.3 Å². The lowest BCUT2D eigenvalue weighted by Gasteiger charge is -2.42. The average molecular weight is 317 g/mol. The Morgan fingerprint density at radius 1 is 1.52 bits per heavy atom. The number of fused-ring (bicyclic) bond motifs is 1. The minimum Gasteiger partial charge on any atom is -0.337 e. The first-order valence-corrected chi connectivity index (χ1v) is 7.47. The lowest BCUT2D eigenvalue weighted by molar-refractivity contribution is -0.384. The van der Waals surface area contributed by atoms with E-state index >= 15 is 0 Å². The first-order chi connectivity index (χ1) is 10.8. The van der Waals surface area contributed by atoms with Crippen LogP contribution in [0, 0.1) is 15.5 Å². The molecule has 1 aromatic heterocycles. The number of rotatable bonds is 2. The number of likely N-dealkylation sites (tertiary alicyclic amines) is 1. The number of aromatic nitrogens is 2. The number of nitrogens with one attached hydrogen (secondary N) is 1. The zero-order valence-corrected chi connectivity index (χ0v) is 13.1. The molecule has 0 spiro atoms. The highest BCUT2D eigenvalue weighted by atomic mass is 16.6. The Hall–Kier alpha value is -2.48. The number of nitrogens with two attached hydrogens (primary N) is 1. The Kier molecular flexibility index (Phi) is 3.56. The van der Waals surface area contributed by atoms with Gasteiger partial charge in [-0.05, 0) is 17.9 Å². The fraction of sp³-hybridized carbons (Fsp3) is 0.467. The van der Waals surface area contributed by atoms with Crippen molar-refractivity contribution in [3.05, 3.63) is 34.0 Å². The highest BCUT2D eigenvalue weighted by molar-refractivity contribution is 6.05. The fourth-order valence-electron chi connectivity index (χ4n) is 2.98. The first kappa shape index (κ1) is 15.4. The molecule has 1 aliphatic heterocycles. The molecule has 8 heteroatoms. The van der Waals surface area contributed by atoms with E-state index in [2.05, 4.69) is 10.2 Å². The number of benzene rings is 1. The van der Waals surface area contributed by atoms with Gasteiger partial charge in [0.15, 0.2) is 5.69 Å². The number of nitro groups is 1. The molecular weight excluding hydrogens is 298 g/mol. The summed E-state index contributed by atoms with van der Waals surface area (Å²) in [6.07, 6.45) is 0.723. The summed E-state index contributed by atoms with van der Waals surface area (Å²) in [5, 5.41) is 18.2. The van der Waals surface area contributed by atoms with Crippen LogP contribution in [0.4, 0.5) is 5.69 Å². The monoisotopic (exact) mass is 317 g/mol. The van der Waals surface area contributed by atoms with Gasteiger partial charge in [0.2, 0.25) is 0 Å². The topological polar surface area (TPSA) is 118 Å². The van der Waals surface area contributed by atoms with Crippen LogP contribution in [0.3, 0.4) is 0 Å². The van der Waals surface area contributed by atoms with Crippen molar-refractivity contribution in [3.63, 3.8) is 0 Å². The summed E-state index contributed by atoms with van der Waals surface area (Å²) in [5.74, 6) is -0.225. The van der Waals surface area contributed by atoms with E-state index < -0.39 is 4.92 Å². The Balaban J connectivity index is 1.95. The molecule has 1 fully saturated rings. The number of amides is 1. The number of carbonyl (C=O) groups excluding carboxylic acids is 1. The van der Waals surface area contributed by atoms with Gasteiger partial charge >= 0.3 is 0 Å². The van der Waals surface area contributed by atoms with E-state index in [0.29, 0.717) is 24.0 Å². The molecule has 8 nitrogen and oxygen atoms in total. The van der Waals surface area contributed by atoms with Crippen LogP contribution >= 0.6 is 0 Å². The van der Waals surface area contributed by atoms with Crippen molar-refractivity contribution in [2.24, 2.45) is 11.1 Å². The first-order valence-electron chi connectivity index (χ1n) is 7.47. The molecule has 1 aromatic carbocycles. The Morgan fingerprint density at radius 2 is 2.26 bits per heavy atom. The summed E-state index contributed by atoms with van der Waals surface area (Å²) < 4.78 is 0. The second-order valence-corrected chi connectivity index (χ2v) is 6.67. The minimum atomic E-state index is -0.482. The molecule has 0 saturated carbocycles. The van der Waals surface area contributed by atoms with Gasteiger partial charge in [0, 0.05) is 36.7 Å². The Bertz CT molecular complexity index is 783. The van der Waals surface area contributed by atoms with Gasteiger partial charge in [-0.1, -0.05) is 13.8 Å². The number of non-ortho nitro benzene ring substituents is 1. The van der Waals surface area contributed by atoms with Crippen LogP contribution in [0.5, 0.6) is 0 Å². The third-order valence-electron chi connectivity index (χ3n) is 4.56. The van der Waals surface area contributed by atoms with Gasteiger partial charge in [-0.25, -0.2) is 0 Å². The molecule has 1 aliphatic rings. The third kappa shape index (κ3) is 2.65. The summed E-state index contributed by atoms with van der Waals surface area (Å²) in [6.45, 7) is 5.16. The van der Waals surface area contributed by atoms with Crippen molar-refractivity contribution < 1.29 is 9.72 Å². The maximum absolute atomic E-state index is 12.8. The molecule has 2 aromatic rings. The largest absolute Gasteiger partial charge is 0.337 e. The lowest BCUT2D eigenvalue weighted by Crippen LogP contribution is -2.54. The Labute approximate surface area is 132 Å². The summed E-state index contributed by atoms with van der Waals surface area (Å²) in [4.78, 5) is 25.0. The maximum atomic E-state index is 12.8. The van der Waals surface area contributed by atoms with Gasteiger partial charge in [-0.3, -0.25) is 20.0 Å².